The summed E-state index contributed by atoms with van der Waals surface area (Å²) in [5, 5.41) is 6.75. The highest BCUT2D eigenvalue weighted by Crippen LogP contribution is 2.36. The lowest BCUT2D eigenvalue weighted by Crippen LogP contribution is -2.51. The molecular formula is C16H17F3N4O. The third-order valence-corrected chi connectivity index (χ3v) is 4.05. The summed E-state index contributed by atoms with van der Waals surface area (Å²) in [6.07, 6.45) is -1.08. The fourth-order valence-corrected chi connectivity index (χ4v) is 2.95. The molecule has 0 unspecified atom stereocenters. The van der Waals surface area contributed by atoms with Crippen LogP contribution < -0.4 is 5.32 Å². The average molecular weight is 338 g/mol. The summed E-state index contributed by atoms with van der Waals surface area (Å²) in [6, 6.07) is 6.08. The highest BCUT2D eigenvalue weighted by atomic mass is 19.4. The lowest BCUT2D eigenvalue weighted by atomic mass is 9.96. The molecule has 1 aliphatic heterocycles. The van der Waals surface area contributed by atoms with Gasteiger partial charge in [0, 0.05) is 32.0 Å². The second-order valence-corrected chi connectivity index (χ2v) is 5.58. The van der Waals surface area contributed by atoms with Crippen molar-refractivity contribution in [3.63, 3.8) is 0 Å². The van der Waals surface area contributed by atoms with E-state index >= 15 is 0 Å². The van der Waals surface area contributed by atoms with Crippen molar-refractivity contribution in [1.82, 2.24) is 20.0 Å². The summed E-state index contributed by atoms with van der Waals surface area (Å²) in [5.41, 5.74) is -0.779. The van der Waals surface area contributed by atoms with Gasteiger partial charge in [0.2, 0.25) is 5.91 Å². The molecule has 1 aromatic heterocycles. The predicted octanol–water partition coefficient (Wildman–Crippen LogP) is 2.08. The van der Waals surface area contributed by atoms with Crippen LogP contribution in [0, 0.1) is 0 Å². The molecule has 2 aromatic rings. The van der Waals surface area contributed by atoms with E-state index in [4.69, 9.17) is 0 Å². The molecule has 24 heavy (non-hydrogen) atoms. The van der Waals surface area contributed by atoms with Gasteiger partial charge in [-0.05, 0) is 17.7 Å². The number of carbonyl (C=O) groups is 1. The topological polar surface area (TPSA) is 50.2 Å². The Kier molecular flexibility index (Phi) is 4.57. The van der Waals surface area contributed by atoms with Gasteiger partial charge in [-0.2, -0.15) is 18.3 Å². The molecule has 1 amide bonds. The molecule has 128 valence electrons. The first-order valence-corrected chi connectivity index (χ1v) is 7.62. The van der Waals surface area contributed by atoms with E-state index < -0.39 is 23.7 Å². The number of carbonyl (C=O) groups excluding carboxylic acids is 1. The van der Waals surface area contributed by atoms with Gasteiger partial charge in [0.25, 0.3) is 0 Å². The Hall–Kier alpha value is -2.35. The van der Waals surface area contributed by atoms with Gasteiger partial charge in [0.15, 0.2) is 0 Å². The van der Waals surface area contributed by atoms with Crippen LogP contribution in [0.25, 0.3) is 0 Å². The van der Waals surface area contributed by atoms with E-state index in [2.05, 4.69) is 10.4 Å². The summed E-state index contributed by atoms with van der Waals surface area (Å²) in [7, 11) is 0. The van der Waals surface area contributed by atoms with Crippen LogP contribution in [0.5, 0.6) is 0 Å². The lowest BCUT2D eigenvalue weighted by molar-refractivity contribution is -0.140. The molecule has 0 saturated carbocycles. The number of nitrogens with one attached hydrogen (secondary N) is 1. The van der Waals surface area contributed by atoms with Crippen LogP contribution in [0.2, 0.25) is 0 Å². The normalized spacial score (nSPS) is 19.3. The number of benzene rings is 1. The number of aromatic nitrogens is 2. The molecule has 1 fully saturated rings. The van der Waals surface area contributed by atoms with Gasteiger partial charge in [-0.25, -0.2) is 0 Å². The van der Waals surface area contributed by atoms with Crippen molar-refractivity contribution in [2.24, 2.45) is 0 Å². The van der Waals surface area contributed by atoms with E-state index in [1.807, 2.05) is 0 Å². The molecular weight excluding hydrogens is 321 g/mol. The first-order valence-electron chi connectivity index (χ1n) is 7.62. The number of nitrogens with zero attached hydrogens (tertiary/aromatic N) is 3. The monoisotopic (exact) mass is 338 g/mol. The van der Waals surface area contributed by atoms with Crippen LogP contribution in [0.4, 0.5) is 13.2 Å². The van der Waals surface area contributed by atoms with E-state index in [0.29, 0.717) is 26.2 Å². The summed E-state index contributed by atoms with van der Waals surface area (Å²) < 4.78 is 41.6. The Bertz CT molecular complexity index is 700. The Morgan fingerprint density at radius 3 is 2.71 bits per heavy atom. The van der Waals surface area contributed by atoms with Gasteiger partial charge < -0.3 is 5.32 Å². The third-order valence-electron chi connectivity index (χ3n) is 4.05. The maximum absolute atomic E-state index is 13.3. The molecule has 1 N–H and O–H groups in total. The largest absolute Gasteiger partial charge is 0.416 e. The zero-order valence-corrected chi connectivity index (χ0v) is 12.8. The Morgan fingerprint density at radius 1 is 1.21 bits per heavy atom. The Labute approximate surface area is 137 Å². The van der Waals surface area contributed by atoms with Gasteiger partial charge >= 0.3 is 6.18 Å². The maximum Gasteiger partial charge on any atom is 0.416 e. The maximum atomic E-state index is 13.3. The third kappa shape index (κ3) is 3.43. The summed E-state index contributed by atoms with van der Waals surface area (Å²) in [5.74, 6) is -0.404. The fraction of sp³-hybridized carbons (Fsp3) is 0.375. The molecule has 3 rings (SSSR count). The molecule has 2 heterocycles. The van der Waals surface area contributed by atoms with Crippen molar-refractivity contribution in [1.29, 1.82) is 0 Å². The van der Waals surface area contributed by atoms with E-state index in [1.165, 1.54) is 18.2 Å². The summed E-state index contributed by atoms with van der Waals surface area (Å²) in [4.78, 5) is 14.1. The van der Waals surface area contributed by atoms with Crippen molar-refractivity contribution in [2.45, 2.75) is 18.8 Å². The molecule has 8 heteroatoms. The minimum Gasteiger partial charge on any atom is -0.353 e. The molecule has 1 aromatic carbocycles. The van der Waals surface area contributed by atoms with Crippen LogP contribution in [0.3, 0.4) is 0 Å². The van der Waals surface area contributed by atoms with Gasteiger partial charge in [-0.3, -0.25) is 14.4 Å². The molecule has 1 saturated heterocycles. The summed E-state index contributed by atoms with van der Waals surface area (Å²) >= 11 is 0. The molecule has 0 bridgehead atoms. The number of hydrogen-bond acceptors (Lipinski definition) is 3. The fourth-order valence-electron chi connectivity index (χ4n) is 2.95. The van der Waals surface area contributed by atoms with Gasteiger partial charge in [0.05, 0.1) is 12.1 Å². The molecule has 1 aliphatic rings. The zero-order valence-electron chi connectivity index (χ0n) is 12.8. The summed E-state index contributed by atoms with van der Waals surface area (Å²) in [6.45, 7) is 1.85. The molecule has 0 aliphatic carbocycles. The number of hydrogen-bond donors (Lipinski definition) is 1. The Balaban J connectivity index is 1.89. The smallest absolute Gasteiger partial charge is 0.353 e. The number of piperazine rings is 1. The lowest BCUT2D eigenvalue weighted by Gasteiger charge is -2.36. The van der Waals surface area contributed by atoms with Crippen molar-refractivity contribution in [3.05, 3.63) is 53.9 Å². The van der Waals surface area contributed by atoms with E-state index in [9.17, 15) is 18.0 Å². The molecule has 0 spiro atoms. The second kappa shape index (κ2) is 6.64. The van der Waals surface area contributed by atoms with E-state index in [-0.39, 0.29) is 5.56 Å². The minimum atomic E-state index is -4.50. The quantitative estimate of drug-likeness (QED) is 0.929. The number of rotatable bonds is 4. The van der Waals surface area contributed by atoms with E-state index in [1.54, 1.807) is 28.0 Å². The van der Waals surface area contributed by atoms with Crippen LogP contribution in [-0.2, 0) is 17.5 Å². The average Bonchev–Trinajstić information content (AvgIpc) is 3.05. The van der Waals surface area contributed by atoms with E-state index in [0.717, 1.165) is 6.07 Å². The van der Waals surface area contributed by atoms with Gasteiger partial charge in [-0.15, -0.1) is 0 Å². The number of halogens is 3. The van der Waals surface area contributed by atoms with Crippen molar-refractivity contribution >= 4 is 5.91 Å². The van der Waals surface area contributed by atoms with Crippen LogP contribution in [0.1, 0.15) is 17.2 Å². The van der Waals surface area contributed by atoms with Gasteiger partial charge in [0.1, 0.15) is 6.04 Å². The van der Waals surface area contributed by atoms with Crippen molar-refractivity contribution < 1.29 is 18.0 Å². The number of alkyl halides is 3. The first-order chi connectivity index (χ1) is 11.5. The van der Waals surface area contributed by atoms with Crippen LogP contribution >= 0.6 is 0 Å². The Morgan fingerprint density at radius 2 is 2.00 bits per heavy atom. The SMILES string of the molecule is O=C1NCCN(CCn2cccn2)[C@H]1c1ccccc1C(F)(F)F. The predicted molar refractivity (Wildman–Crippen MR) is 81.0 cm³/mol. The molecule has 5 nitrogen and oxygen atoms in total. The highest BCUT2D eigenvalue weighted by Gasteiger charge is 2.39. The van der Waals surface area contributed by atoms with Gasteiger partial charge in [-0.1, -0.05) is 18.2 Å². The van der Waals surface area contributed by atoms with Crippen molar-refractivity contribution in [3.8, 4) is 0 Å². The molecule has 0 radical (unpaired) electrons. The first kappa shape index (κ1) is 16.5. The second-order valence-electron chi connectivity index (χ2n) is 5.58. The standard InChI is InChI=1S/C16H17F3N4O/c17-16(18,19)13-5-2-1-4-12(13)14-15(24)20-7-9-22(14)10-11-23-8-3-6-21-23/h1-6,8,14H,7,9-11H2,(H,20,24)/t14-/m0/s1. The zero-order chi connectivity index (χ0) is 17.2. The molecule has 1 atom stereocenters. The number of amides is 1. The van der Waals surface area contributed by atoms with Crippen LogP contribution in [-0.4, -0.2) is 40.2 Å². The van der Waals surface area contributed by atoms with Crippen molar-refractivity contribution in [2.75, 3.05) is 19.6 Å². The minimum absolute atomic E-state index is 0.0114. The van der Waals surface area contributed by atoms with Crippen LogP contribution in [0.15, 0.2) is 42.7 Å². The highest BCUT2D eigenvalue weighted by molar-refractivity contribution is 5.84.